The molecule has 0 saturated heterocycles. The van der Waals surface area contributed by atoms with Gasteiger partial charge in [0.15, 0.2) is 0 Å². The number of para-hydroxylation sites is 1. The molecule has 0 radical (unpaired) electrons. The van der Waals surface area contributed by atoms with Gasteiger partial charge < -0.3 is 10.6 Å². The molecule has 2 amide bonds. The van der Waals surface area contributed by atoms with Crippen LogP contribution in [-0.4, -0.2) is 18.4 Å². The Morgan fingerprint density at radius 3 is 2.50 bits per heavy atom. The summed E-state index contributed by atoms with van der Waals surface area (Å²) in [6.45, 7) is 4.23. The van der Waals surface area contributed by atoms with Gasteiger partial charge in [-0.2, -0.15) is 0 Å². The first-order valence-electron chi connectivity index (χ1n) is 8.24. The highest BCUT2D eigenvalue weighted by atomic mass is 16.2. The molecule has 1 aromatic rings. The van der Waals surface area contributed by atoms with Gasteiger partial charge in [-0.25, -0.2) is 0 Å². The van der Waals surface area contributed by atoms with Crippen molar-refractivity contribution in [1.29, 1.82) is 0 Å². The van der Waals surface area contributed by atoms with E-state index in [1.165, 1.54) is 6.42 Å². The molecule has 0 aromatic heterocycles. The maximum Gasteiger partial charge on any atom is 0.243 e. The molecule has 1 fully saturated rings. The number of anilines is 1. The molecule has 120 valence electrons. The van der Waals surface area contributed by atoms with Crippen molar-refractivity contribution in [3.63, 3.8) is 0 Å². The van der Waals surface area contributed by atoms with Crippen LogP contribution in [0.5, 0.6) is 0 Å². The Bertz CT molecular complexity index is 520. The fraction of sp³-hybridized carbons (Fsp3) is 0.556. The third kappa shape index (κ3) is 4.58. The van der Waals surface area contributed by atoms with Crippen molar-refractivity contribution in [2.24, 2.45) is 5.92 Å². The van der Waals surface area contributed by atoms with E-state index in [0.717, 1.165) is 36.9 Å². The van der Waals surface area contributed by atoms with E-state index in [9.17, 15) is 9.59 Å². The minimum Gasteiger partial charge on any atom is -0.347 e. The van der Waals surface area contributed by atoms with Crippen molar-refractivity contribution in [3.05, 3.63) is 29.8 Å². The summed E-state index contributed by atoms with van der Waals surface area (Å²) in [6, 6.07) is 7.79. The maximum absolute atomic E-state index is 12.0. The van der Waals surface area contributed by atoms with Gasteiger partial charge in [0, 0.05) is 11.6 Å². The molecule has 4 heteroatoms. The van der Waals surface area contributed by atoms with Crippen molar-refractivity contribution >= 4 is 17.5 Å². The topological polar surface area (TPSA) is 58.2 Å². The lowest BCUT2D eigenvalue weighted by molar-refractivity contribution is -0.128. The summed E-state index contributed by atoms with van der Waals surface area (Å²) in [6.07, 6.45) is 5.35. The summed E-state index contributed by atoms with van der Waals surface area (Å²) in [4.78, 5) is 24.1. The third-order valence-corrected chi connectivity index (χ3v) is 4.26. The van der Waals surface area contributed by atoms with Gasteiger partial charge in [0.25, 0.3) is 0 Å². The number of carbonyl (C=O) groups is 2. The zero-order valence-electron chi connectivity index (χ0n) is 13.5. The fourth-order valence-electron chi connectivity index (χ4n) is 2.99. The second-order valence-electron chi connectivity index (χ2n) is 6.34. The Balaban J connectivity index is 1.84. The van der Waals surface area contributed by atoms with Gasteiger partial charge in [-0.3, -0.25) is 9.59 Å². The molecule has 1 aromatic carbocycles. The molecule has 22 heavy (non-hydrogen) atoms. The van der Waals surface area contributed by atoms with E-state index in [1.54, 1.807) is 0 Å². The third-order valence-electron chi connectivity index (χ3n) is 4.26. The average Bonchev–Trinajstić information content (AvgIpc) is 2.53. The van der Waals surface area contributed by atoms with Crippen LogP contribution in [0.4, 0.5) is 5.69 Å². The molecular weight excluding hydrogens is 276 g/mol. The number of rotatable bonds is 5. The van der Waals surface area contributed by atoms with Gasteiger partial charge in [-0.1, -0.05) is 51.3 Å². The van der Waals surface area contributed by atoms with E-state index in [0.29, 0.717) is 5.92 Å². The minimum atomic E-state index is -0.169. The first kappa shape index (κ1) is 16.5. The van der Waals surface area contributed by atoms with E-state index in [2.05, 4.69) is 24.5 Å². The molecule has 0 heterocycles. The molecule has 0 unspecified atom stereocenters. The predicted molar refractivity (Wildman–Crippen MR) is 88.7 cm³/mol. The van der Waals surface area contributed by atoms with Crippen LogP contribution in [-0.2, 0) is 9.59 Å². The van der Waals surface area contributed by atoms with Crippen LogP contribution < -0.4 is 10.6 Å². The van der Waals surface area contributed by atoms with Crippen molar-refractivity contribution in [2.75, 3.05) is 11.9 Å². The summed E-state index contributed by atoms with van der Waals surface area (Å²) in [5, 5.41) is 5.67. The van der Waals surface area contributed by atoms with E-state index < -0.39 is 0 Å². The van der Waals surface area contributed by atoms with Crippen LogP contribution in [0.15, 0.2) is 24.3 Å². The van der Waals surface area contributed by atoms with Gasteiger partial charge in [0.2, 0.25) is 11.8 Å². The van der Waals surface area contributed by atoms with Crippen molar-refractivity contribution in [1.82, 2.24) is 5.32 Å². The smallest absolute Gasteiger partial charge is 0.243 e. The number of hydrogen-bond donors (Lipinski definition) is 2. The van der Waals surface area contributed by atoms with E-state index in [4.69, 9.17) is 0 Å². The lowest BCUT2D eigenvalue weighted by atomic mass is 9.89. The molecule has 2 rings (SSSR count). The first-order valence-corrected chi connectivity index (χ1v) is 8.24. The normalized spacial score (nSPS) is 15.6. The average molecular weight is 302 g/mol. The van der Waals surface area contributed by atoms with Gasteiger partial charge in [0.05, 0.1) is 6.54 Å². The standard InChI is InChI=1S/C18H26N2O2/c1-13(2)15-10-6-7-11-16(15)20-17(21)12-19-18(22)14-8-4-3-5-9-14/h6-7,10-11,13-14H,3-5,8-9,12H2,1-2H3,(H,19,22)(H,20,21). The summed E-state index contributed by atoms with van der Waals surface area (Å²) in [7, 11) is 0. The Kier molecular flexibility index (Phi) is 5.99. The summed E-state index contributed by atoms with van der Waals surface area (Å²) >= 11 is 0. The molecular formula is C18H26N2O2. The second kappa shape index (κ2) is 7.97. The maximum atomic E-state index is 12.0. The Labute approximate surface area is 132 Å². The molecule has 0 spiro atoms. The van der Waals surface area contributed by atoms with E-state index in [-0.39, 0.29) is 24.3 Å². The van der Waals surface area contributed by atoms with E-state index in [1.807, 2.05) is 24.3 Å². The number of amides is 2. The highest BCUT2D eigenvalue weighted by molar-refractivity contribution is 5.95. The SMILES string of the molecule is CC(C)c1ccccc1NC(=O)CNC(=O)C1CCCCC1. The van der Waals surface area contributed by atoms with Crippen LogP contribution in [0.25, 0.3) is 0 Å². The molecule has 1 aliphatic rings. The molecule has 0 aliphatic heterocycles. The number of nitrogens with one attached hydrogen (secondary N) is 2. The van der Waals surface area contributed by atoms with Crippen molar-refractivity contribution in [3.8, 4) is 0 Å². The van der Waals surface area contributed by atoms with E-state index >= 15 is 0 Å². The quantitative estimate of drug-likeness (QED) is 0.875. The zero-order valence-corrected chi connectivity index (χ0v) is 13.5. The number of benzene rings is 1. The molecule has 0 atom stereocenters. The van der Waals surface area contributed by atoms with Gasteiger partial charge in [0.1, 0.15) is 0 Å². The molecule has 2 N–H and O–H groups in total. The number of carbonyl (C=O) groups excluding carboxylic acids is 2. The van der Waals surface area contributed by atoms with Gasteiger partial charge in [-0.05, 0) is 30.4 Å². The lowest BCUT2D eigenvalue weighted by Crippen LogP contribution is -2.37. The second-order valence-corrected chi connectivity index (χ2v) is 6.34. The summed E-state index contributed by atoms with van der Waals surface area (Å²) in [5.74, 6) is 0.280. The number of hydrogen-bond acceptors (Lipinski definition) is 2. The van der Waals surface area contributed by atoms with Crippen LogP contribution in [0, 0.1) is 5.92 Å². The molecule has 0 bridgehead atoms. The predicted octanol–water partition coefficient (Wildman–Crippen LogP) is 3.45. The van der Waals surface area contributed by atoms with Crippen molar-refractivity contribution in [2.45, 2.75) is 51.9 Å². The van der Waals surface area contributed by atoms with Gasteiger partial charge in [-0.15, -0.1) is 0 Å². The van der Waals surface area contributed by atoms with Crippen LogP contribution >= 0.6 is 0 Å². The van der Waals surface area contributed by atoms with Crippen molar-refractivity contribution < 1.29 is 9.59 Å². The largest absolute Gasteiger partial charge is 0.347 e. The summed E-state index contributed by atoms with van der Waals surface area (Å²) in [5.41, 5.74) is 1.93. The highest BCUT2D eigenvalue weighted by Crippen LogP contribution is 2.24. The first-order chi connectivity index (χ1) is 10.6. The Hall–Kier alpha value is -1.84. The summed E-state index contributed by atoms with van der Waals surface area (Å²) < 4.78 is 0. The molecule has 4 nitrogen and oxygen atoms in total. The van der Waals surface area contributed by atoms with Gasteiger partial charge >= 0.3 is 0 Å². The van der Waals surface area contributed by atoms with Crippen LogP contribution in [0.3, 0.4) is 0 Å². The molecule has 1 saturated carbocycles. The lowest BCUT2D eigenvalue weighted by Gasteiger charge is -2.20. The van der Waals surface area contributed by atoms with Crippen LogP contribution in [0.2, 0.25) is 0 Å². The minimum absolute atomic E-state index is 0.0204. The monoisotopic (exact) mass is 302 g/mol. The fourth-order valence-corrected chi connectivity index (χ4v) is 2.99. The highest BCUT2D eigenvalue weighted by Gasteiger charge is 2.21. The Morgan fingerprint density at radius 2 is 1.82 bits per heavy atom. The zero-order chi connectivity index (χ0) is 15.9. The molecule has 1 aliphatic carbocycles. The van der Waals surface area contributed by atoms with Crippen LogP contribution in [0.1, 0.15) is 57.4 Å². The Morgan fingerprint density at radius 1 is 1.14 bits per heavy atom.